The first-order valence-corrected chi connectivity index (χ1v) is 13.8. The number of hydrogen-bond acceptors (Lipinski definition) is 9. The van der Waals surface area contributed by atoms with Crippen molar-refractivity contribution < 1.29 is 14.3 Å². The molecule has 2 aliphatic rings. The van der Waals surface area contributed by atoms with Crippen LogP contribution in [0.1, 0.15) is 58.3 Å². The fourth-order valence-corrected chi connectivity index (χ4v) is 6.27. The molecular formula is C29H26Cl2N6O3. The zero-order chi connectivity index (χ0) is 27.8. The molecule has 2 aromatic heterocycles. The lowest BCUT2D eigenvalue weighted by atomic mass is 9.82. The minimum atomic E-state index is -0.984. The summed E-state index contributed by atoms with van der Waals surface area (Å²) in [6, 6.07) is 15.5. The van der Waals surface area contributed by atoms with Crippen molar-refractivity contribution in [2.24, 2.45) is 0 Å². The molecular weight excluding hydrogens is 551 g/mol. The van der Waals surface area contributed by atoms with E-state index < -0.39 is 6.16 Å². The van der Waals surface area contributed by atoms with Gasteiger partial charge in [-0.05, 0) is 73.6 Å². The molecule has 0 radical (unpaired) electrons. The highest BCUT2D eigenvalue weighted by Gasteiger charge is 2.30. The second-order valence-corrected chi connectivity index (χ2v) is 10.8. The van der Waals surface area contributed by atoms with E-state index in [1.807, 2.05) is 48.5 Å². The predicted molar refractivity (Wildman–Crippen MR) is 152 cm³/mol. The van der Waals surface area contributed by atoms with Gasteiger partial charge in [0, 0.05) is 21.2 Å². The second kappa shape index (κ2) is 10.9. The van der Waals surface area contributed by atoms with Crippen LogP contribution < -0.4 is 20.9 Å². The largest absolute Gasteiger partial charge is 0.522 e. The Morgan fingerprint density at radius 2 is 1.12 bits per heavy atom. The molecule has 2 unspecified atom stereocenters. The van der Waals surface area contributed by atoms with Gasteiger partial charge in [0.2, 0.25) is 23.7 Å². The van der Waals surface area contributed by atoms with E-state index in [-0.39, 0.29) is 35.5 Å². The van der Waals surface area contributed by atoms with E-state index in [1.54, 1.807) is 0 Å². The molecule has 2 aromatic carbocycles. The number of aromatic nitrogens is 4. The number of fused-ring (bicyclic) bond motifs is 2. The van der Waals surface area contributed by atoms with E-state index in [0.29, 0.717) is 35.7 Å². The fraction of sp³-hybridized carbons (Fsp3) is 0.276. The second-order valence-electron chi connectivity index (χ2n) is 10.0. The van der Waals surface area contributed by atoms with Crippen molar-refractivity contribution in [3.63, 3.8) is 0 Å². The van der Waals surface area contributed by atoms with Gasteiger partial charge in [0.1, 0.15) is 0 Å². The first kappa shape index (κ1) is 26.3. The Morgan fingerprint density at radius 1 is 0.700 bits per heavy atom. The van der Waals surface area contributed by atoms with Crippen molar-refractivity contribution in [2.75, 3.05) is 11.5 Å². The van der Waals surface area contributed by atoms with Crippen LogP contribution in [0.4, 0.5) is 16.7 Å². The lowest BCUT2D eigenvalue weighted by molar-refractivity contribution is 0.146. The molecule has 0 saturated carbocycles. The number of benzene rings is 2. The zero-order valence-electron chi connectivity index (χ0n) is 21.4. The maximum absolute atomic E-state index is 13.0. The van der Waals surface area contributed by atoms with Gasteiger partial charge in [-0.1, -0.05) is 59.6 Å². The van der Waals surface area contributed by atoms with Crippen molar-refractivity contribution in [1.29, 1.82) is 0 Å². The SMILES string of the molecule is Nc1nc2c(c(OC(=O)Oc3nc(N)nc4c3CCC(c3ccccc3Cl)C4)n1)CCC(c1ccccc1Cl)C2. The minimum absolute atomic E-state index is 0.00985. The van der Waals surface area contributed by atoms with Gasteiger partial charge < -0.3 is 20.9 Å². The number of carbonyl (C=O) groups is 1. The summed E-state index contributed by atoms with van der Waals surface area (Å²) in [6.45, 7) is 0. The topological polar surface area (TPSA) is 139 Å². The molecule has 0 fully saturated rings. The van der Waals surface area contributed by atoms with Gasteiger partial charge in [-0.15, -0.1) is 0 Å². The van der Waals surface area contributed by atoms with Gasteiger partial charge in [0.15, 0.2) is 0 Å². The van der Waals surface area contributed by atoms with Crippen LogP contribution in [0, 0.1) is 0 Å². The third-order valence-corrected chi connectivity index (χ3v) is 8.25. The number of nitrogens with zero attached hydrogens (tertiary/aromatic N) is 4. The van der Waals surface area contributed by atoms with Gasteiger partial charge in [-0.3, -0.25) is 0 Å². The summed E-state index contributed by atoms with van der Waals surface area (Å²) < 4.78 is 11.1. The summed E-state index contributed by atoms with van der Waals surface area (Å²) in [7, 11) is 0. The maximum Gasteiger partial charge on any atom is 0.522 e. The van der Waals surface area contributed by atoms with Gasteiger partial charge in [-0.2, -0.15) is 9.97 Å². The molecule has 2 atom stereocenters. The summed E-state index contributed by atoms with van der Waals surface area (Å²) in [5.74, 6) is 0.520. The minimum Gasteiger partial charge on any atom is -0.375 e. The normalized spacial score (nSPS) is 17.9. The molecule has 2 heterocycles. The highest BCUT2D eigenvalue weighted by atomic mass is 35.5. The van der Waals surface area contributed by atoms with E-state index in [1.165, 1.54) is 0 Å². The Labute approximate surface area is 240 Å². The monoisotopic (exact) mass is 576 g/mol. The van der Waals surface area contributed by atoms with Crippen molar-refractivity contribution in [3.05, 3.63) is 92.2 Å². The first-order chi connectivity index (χ1) is 19.4. The molecule has 0 amide bonds. The van der Waals surface area contributed by atoms with E-state index >= 15 is 0 Å². The molecule has 204 valence electrons. The van der Waals surface area contributed by atoms with Crippen molar-refractivity contribution >= 4 is 41.3 Å². The van der Waals surface area contributed by atoms with Crippen molar-refractivity contribution in [3.8, 4) is 11.8 Å². The van der Waals surface area contributed by atoms with Crippen LogP contribution in [0.2, 0.25) is 10.0 Å². The average Bonchev–Trinajstić information content (AvgIpc) is 2.92. The molecule has 4 aromatic rings. The van der Waals surface area contributed by atoms with E-state index in [0.717, 1.165) is 46.5 Å². The number of halogens is 2. The molecule has 9 nitrogen and oxygen atoms in total. The quantitative estimate of drug-likeness (QED) is 0.286. The third kappa shape index (κ3) is 5.26. The molecule has 40 heavy (non-hydrogen) atoms. The molecule has 0 bridgehead atoms. The number of anilines is 2. The van der Waals surface area contributed by atoms with E-state index in [9.17, 15) is 4.79 Å². The van der Waals surface area contributed by atoms with Gasteiger partial charge >= 0.3 is 6.16 Å². The molecule has 2 aliphatic carbocycles. The van der Waals surface area contributed by atoms with E-state index in [2.05, 4.69) is 19.9 Å². The van der Waals surface area contributed by atoms with Gasteiger partial charge in [0.05, 0.1) is 11.4 Å². The van der Waals surface area contributed by atoms with Crippen molar-refractivity contribution in [2.45, 2.75) is 50.4 Å². The number of carbonyl (C=O) groups excluding carboxylic acids is 1. The van der Waals surface area contributed by atoms with Crippen LogP contribution in [0.3, 0.4) is 0 Å². The molecule has 0 spiro atoms. The fourth-order valence-electron chi connectivity index (χ4n) is 5.69. The number of nitrogen functional groups attached to an aromatic ring is 2. The van der Waals surface area contributed by atoms with Crippen LogP contribution in [0.15, 0.2) is 48.5 Å². The van der Waals surface area contributed by atoms with Crippen LogP contribution in [-0.4, -0.2) is 26.1 Å². The Kier molecular flexibility index (Phi) is 7.16. The molecule has 0 aliphatic heterocycles. The van der Waals surface area contributed by atoms with E-state index in [4.69, 9.17) is 44.1 Å². The Balaban J connectivity index is 1.20. The predicted octanol–water partition coefficient (Wildman–Crippen LogP) is 5.86. The highest BCUT2D eigenvalue weighted by Crippen LogP contribution is 2.40. The van der Waals surface area contributed by atoms with Crippen LogP contribution in [0.5, 0.6) is 11.8 Å². The Bertz CT molecular complexity index is 1500. The summed E-state index contributed by atoms with van der Waals surface area (Å²) in [5, 5.41) is 1.42. The average molecular weight is 577 g/mol. The summed E-state index contributed by atoms with van der Waals surface area (Å²) in [4.78, 5) is 30.2. The number of hydrogen-bond donors (Lipinski definition) is 2. The molecule has 4 N–H and O–H groups in total. The first-order valence-electron chi connectivity index (χ1n) is 13.0. The maximum atomic E-state index is 13.0. The zero-order valence-corrected chi connectivity index (χ0v) is 23.0. The summed E-state index contributed by atoms with van der Waals surface area (Å²) in [5.41, 5.74) is 17.0. The van der Waals surface area contributed by atoms with Crippen LogP contribution >= 0.6 is 23.2 Å². The van der Waals surface area contributed by atoms with Gasteiger partial charge in [0.25, 0.3) is 0 Å². The summed E-state index contributed by atoms with van der Waals surface area (Å²) >= 11 is 12.9. The summed E-state index contributed by atoms with van der Waals surface area (Å²) in [6.07, 6.45) is 2.97. The smallest absolute Gasteiger partial charge is 0.375 e. The van der Waals surface area contributed by atoms with Crippen LogP contribution in [0.25, 0.3) is 0 Å². The lowest BCUT2D eigenvalue weighted by Crippen LogP contribution is -2.23. The molecule has 11 heteroatoms. The molecule has 6 rings (SSSR count). The van der Waals surface area contributed by atoms with Gasteiger partial charge in [-0.25, -0.2) is 14.8 Å². The molecule has 0 saturated heterocycles. The van der Waals surface area contributed by atoms with Crippen LogP contribution in [-0.2, 0) is 25.7 Å². The standard InChI is InChI=1S/C29H26Cl2N6O3/c30-21-7-3-1-5-17(21)15-9-11-19-23(13-15)34-27(32)36-25(19)39-29(38)40-26-20-12-10-16(14-24(20)35-28(33)37-26)18-6-2-4-8-22(18)31/h1-8,15-16H,9-14H2,(H2,32,34,36)(H2,33,35,37). The number of ether oxygens (including phenoxy) is 2. The Morgan fingerprint density at radius 3 is 1.55 bits per heavy atom. The van der Waals surface area contributed by atoms with Crippen molar-refractivity contribution in [1.82, 2.24) is 19.9 Å². The third-order valence-electron chi connectivity index (χ3n) is 7.56. The number of nitrogens with two attached hydrogens (primary N) is 2. The highest BCUT2D eigenvalue weighted by molar-refractivity contribution is 6.31. The number of rotatable bonds is 4. The lowest BCUT2D eigenvalue weighted by Gasteiger charge is -2.26. The Hall–Kier alpha value is -3.95.